The predicted octanol–water partition coefficient (Wildman–Crippen LogP) is 4.15. The Balaban J connectivity index is 2.11. The molecule has 2 aromatic carbocycles. The van der Waals surface area contributed by atoms with E-state index in [1.807, 2.05) is 32.0 Å². The molecule has 0 saturated carbocycles. The summed E-state index contributed by atoms with van der Waals surface area (Å²) < 4.78 is 10.4. The number of benzene rings is 2. The van der Waals surface area contributed by atoms with Gasteiger partial charge in [-0.2, -0.15) is 0 Å². The monoisotopic (exact) mass is 361 g/mol. The second-order valence-electron chi connectivity index (χ2n) is 5.63. The van der Waals surface area contributed by atoms with E-state index in [-0.39, 0.29) is 16.5 Å². The number of halogens is 1. The van der Waals surface area contributed by atoms with E-state index in [4.69, 9.17) is 16.3 Å². The van der Waals surface area contributed by atoms with Gasteiger partial charge in [-0.25, -0.2) is 4.79 Å². The SMILES string of the molecule is COC(=O)c1cc(NC(=O)[C@@H](C)Oc2cccc(C)c2C)ccc1Cl. The van der Waals surface area contributed by atoms with Gasteiger partial charge in [-0.1, -0.05) is 23.7 Å². The number of rotatable bonds is 5. The highest BCUT2D eigenvalue weighted by Crippen LogP contribution is 2.23. The average Bonchev–Trinajstić information content (AvgIpc) is 2.59. The van der Waals surface area contributed by atoms with E-state index in [1.165, 1.54) is 19.2 Å². The summed E-state index contributed by atoms with van der Waals surface area (Å²) in [4.78, 5) is 24.0. The van der Waals surface area contributed by atoms with Gasteiger partial charge >= 0.3 is 5.97 Å². The molecule has 0 fully saturated rings. The van der Waals surface area contributed by atoms with Gasteiger partial charge in [0.15, 0.2) is 6.10 Å². The van der Waals surface area contributed by atoms with Crippen LogP contribution in [0.4, 0.5) is 5.69 Å². The normalized spacial score (nSPS) is 11.6. The van der Waals surface area contributed by atoms with Gasteiger partial charge in [0, 0.05) is 5.69 Å². The lowest BCUT2D eigenvalue weighted by molar-refractivity contribution is -0.122. The fourth-order valence-electron chi connectivity index (χ4n) is 2.21. The van der Waals surface area contributed by atoms with Gasteiger partial charge in [-0.15, -0.1) is 0 Å². The van der Waals surface area contributed by atoms with Gasteiger partial charge in [0.1, 0.15) is 5.75 Å². The second kappa shape index (κ2) is 8.03. The molecule has 2 rings (SSSR count). The van der Waals surface area contributed by atoms with Crippen molar-refractivity contribution in [1.29, 1.82) is 0 Å². The van der Waals surface area contributed by atoms with Crippen molar-refractivity contribution in [2.24, 2.45) is 0 Å². The highest BCUT2D eigenvalue weighted by molar-refractivity contribution is 6.33. The number of hydrogen-bond acceptors (Lipinski definition) is 4. The number of anilines is 1. The smallest absolute Gasteiger partial charge is 0.339 e. The first-order chi connectivity index (χ1) is 11.8. The minimum atomic E-state index is -0.710. The van der Waals surface area contributed by atoms with E-state index in [0.717, 1.165) is 11.1 Å². The van der Waals surface area contributed by atoms with Gasteiger partial charge in [0.05, 0.1) is 17.7 Å². The number of esters is 1. The van der Waals surface area contributed by atoms with Crippen LogP contribution < -0.4 is 10.1 Å². The van der Waals surface area contributed by atoms with E-state index < -0.39 is 12.1 Å². The summed E-state index contributed by atoms with van der Waals surface area (Å²) in [6.07, 6.45) is -0.710. The number of carbonyl (C=O) groups excluding carboxylic acids is 2. The molecule has 1 atom stereocenters. The third-order valence-electron chi connectivity index (χ3n) is 3.87. The highest BCUT2D eigenvalue weighted by Gasteiger charge is 2.18. The van der Waals surface area contributed by atoms with Crippen molar-refractivity contribution in [3.8, 4) is 5.75 Å². The molecule has 0 radical (unpaired) electrons. The quantitative estimate of drug-likeness (QED) is 0.812. The van der Waals surface area contributed by atoms with Crippen LogP contribution >= 0.6 is 11.6 Å². The van der Waals surface area contributed by atoms with Crippen molar-refractivity contribution in [2.45, 2.75) is 26.9 Å². The fraction of sp³-hybridized carbons (Fsp3) is 0.263. The summed E-state index contributed by atoms with van der Waals surface area (Å²) >= 11 is 5.97. The zero-order valence-electron chi connectivity index (χ0n) is 14.6. The summed E-state index contributed by atoms with van der Waals surface area (Å²) in [5.41, 5.74) is 2.70. The maximum absolute atomic E-state index is 12.4. The molecule has 5 nitrogen and oxygen atoms in total. The lowest BCUT2D eigenvalue weighted by Crippen LogP contribution is -2.30. The summed E-state index contributed by atoms with van der Waals surface area (Å²) in [7, 11) is 1.27. The van der Waals surface area contributed by atoms with Gasteiger partial charge in [0.2, 0.25) is 0 Å². The molecule has 0 bridgehead atoms. The molecule has 2 aromatic rings. The Morgan fingerprint density at radius 1 is 1.16 bits per heavy atom. The van der Waals surface area contributed by atoms with Crippen molar-refractivity contribution >= 4 is 29.2 Å². The van der Waals surface area contributed by atoms with Crippen molar-refractivity contribution < 1.29 is 19.1 Å². The molecule has 0 saturated heterocycles. The standard InChI is InChI=1S/C19H20ClNO4/c1-11-6-5-7-17(12(11)2)25-13(3)18(22)21-14-8-9-16(20)15(10-14)19(23)24-4/h5-10,13H,1-4H3,(H,21,22)/t13-/m1/s1. The molecule has 0 spiro atoms. The van der Waals surface area contributed by atoms with Crippen LogP contribution in [-0.2, 0) is 9.53 Å². The van der Waals surface area contributed by atoms with Crippen LogP contribution in [0.15, 0.2) is 36.4 Å². The Bertz CT molecular complexity index is 804. The first-order valence-corrected chi connectivity index (χ1v) is 8.13. The van der Waals surface area contributed by atoms with Crippen LogP contribution in [0, 0.1) is 13.8 Å². The Labute approximate surface area is 151 Å². The lowest BCUT2D eigenvalue weighted by atomic mass is 10.1. The molecule has 0 heterocycles. The molecule has 0 aliphatic heterocycles. The summed E-state index contributed by atoms with van der Waals surface area (Å²) in [5, 5.41) is 2.97. The van der Waals surface area contributed by atoms with E-state index in [1.54, 1.807) is 13.0 Å². The minimum absolute atomic E-state index is 0.185. The maximum atomic E-state index is 12.4. The first kappa shape index (κ1) is 18.8. The highest BCUT2D eigenvalue weighted by atomic mass is 35.5. The largest absolute Gasteiger partial charge is 0.481 e. The van der Waals surface area contributed by atoms with Crippen molar-refractivity contribution in [2.75, 3.05) is 12.4 Å². The third kappa shape index (κ3) is 4.51. The number of nitrogens with one attached hydrogen (secondary N) is 1. The van der Waals surface area contributed by atoms with Gasteiger partial charge < -0.3 is 14.8 Å². The van der Waals surface area contributed by atoms with E-state index in [9.17, 15) is 9.59 Å². The molecular weight excluding hydrogens is 342 g/mol. The zero-order chi connectivity index (χ0) is 18.6. The average molecular weight is 362 g/mol. The molecule has 1 N–H and O–H groups in total. The molecular formula is C19H20ClNO4. The van der Waals surface area contributed by atoms with Crippen molar-refractivity contribution in [3.05, 3.63) is 58.1 Å². The molecule has 0 aliphatic carbocycles. The number of methoxy groups -OCH3 is 1. The Hall–Kier alpha value is -2.53. The molecule has 1 amide bonds. The number of ether oxygens (including phenoxy) is 2. The molecule has 0 unspecified atom stereocenters. The molecule has 6 heteroatoms. The third-order valence-corrected chi connectivity index (χ3v) is 4.20. The van der Waals surface area contributed by atoms with Crippen LogP contribution in [0.1, 0.15) is 28.4 Å². The van der Waals surface area contributed by atoms with Crippen molar-refractivity contribution in [1.82, 2.24) is 0 Å². The number of aryl methyl sites for hydroxylation is 1. The number of carbonyl (C=O) groups is 2. The summed E-state index contributed by atoms with van der Waals surface area (Å²) in [6.45, 7) is 5.58. The van der Waals surface area contributed by atoms with E-state index in [0.29, 0.717) is 11.4 Å². The number of amides is 1. The molecule has 0 aliphatic rings. The van der Waals surface area contributed by atoms with Crippen molar-refractivity contribution in [3.63, 3.8) is 0 Å². The summed E-state index contributed by atoms with van der Waals surface area (Å²) in [5.74, 6) is -0.242. The van der Waals surface area contributed by atoms with Gasteiger partial charge in [-0.05, 0) is 56.2 Å². The first-order valence-electron chi connectivity index (χ1n) is 7.75. The van der Waals surface area contributed by atoms with Crippen LogP contribution in [0.5, 0.6) is 5.75 Å². The van der Waals surface area contributed by atoms with Gasteiger partial charge in [0.25, 0.3) is 5.91 Å². The summed E-state index contributed by atoms with van der Waals surface area (Å²) in [6, 6.07) is 10.3. The lowest BCUT2D eigenvalue weighted by Gasteiger charge is -2.17. The van der Waals surface area contributed by atoms with Crippen LogP contribution in [0.25, 0.3) is 0 Å². The van der Waals surface area contributed by atoms with Gasteiger partial charge in [-0.3, -0.25) is 4.79 Å². The Morgan fingerprint density at radius 3 is 2.56 bits per heavy atom. The fourth-order valence-corrected chi connectivity index (χ4v) is 2.40. The Kier molecular flexibility index (Phi) is 6.04. The Morgan fingerprint density at radius 2 is 1.88 bits per heavy atom. The second-order valence-corrected chi connectivity index (χ2v) is 6.04. The van der Waals surface area contributed by atoms with E-state index >= 15 is 0 Å². The zero-order valence-corrected chi connectivity index (χ0v) is 15.3. The van der Waals surface area contributed by atoms with Crippen LogP contribution in [0.2, 0.25) is 5.02 Å². The molecule has 25 heavy (non-hydrogen) atoms. The maximum Gasteiger partial charge on any atom is 0.339 e. The minimum Gasteiger partial charge on any atom is -0.481 e. The van der Waals surface area contributed by atoms with Crippen LogP contribution in [-0.4, -0.2) is 25.1 Å². The predicted molar refractivity (Wildman–Crippen MR) is 97.4 cm³/mol. The van der Waals surface area contributed by atoms with E-state index in [2.05, 4.69) is 10.1 Å². The van der Waals surface area contributed by atoms with Crippen LogP contribution in [0.3, 0.4) is 0 Å². The molecule has 132 valence electrons. The number of hydrogen-bond donors (Lipinski definition) is 1. The molecule has 0 aromatic heterocycles. The topological polar surface area (TPSA) is 64.6 Å².